The van der Waals surface area contributed by atoms with Crippen molar-refractivity contribution >= 4 is 27.5 Å². The van der Waals surface area contributed by atoms with Gasteiger partial charge in [0.15, 0.2) is 0 Å². The minimum atomic E-state index is -0.0440. The Morgan fingerprint density at radius 3 is 2.86 bits per heavy atom. The van der Waals surface area contributed by atoms with Gasteiger partial charge in [0, 0.05) is 16.6 Å². The number of halogens is 1. The average molecular weight is 254 g/mol. The van der Waals surface area contributed by atoms with E-state index in [0.29, 0.717) is 6.42 Å². The van der Waals surface area contributed by atoms with E-state index in [2.05, 4.69) is 27.8 Å². The number of hydrogen-bond acceptors (Lipinski definition) is 1. The highest BCUT2D eigenvalue weighted by Crippen LogP contribution is 2.19. The zero-order valence-corrected chi connectivity index (χ0v) is 9.60. The summed E-state index contributed by atoms with van der Waals surface area (Å²) in [5.41, 5.74) is 1.91. The van der Waals surface area contributed by atoms with Crippen molar-refractivity contribution in [3.8, 4) is 0 Å². The molecule has 2 nitrogen and oxygen atoms in total. The van der Waals surface area contributed by atoms with Crippen molar-refractivity contribution < 1.29 is 4.79 Å². The lowest BCUT2D eigenvalue weighted by molar-refractivity contribution is -0.115. The van der Waals surface area contributed by atoms with E-state index in [-0.39, 0.29) is 5.91 Å². The zero-order valence-electron chi connectivity index (χ0n) is 8.01. The van der Waals surface area contributed by atoms with E-state index >= 15 is 0 Å². The number of benzene rings is 1. The molecule has 0 saturated carbocycles. The van der Waals surface area contributed by atoms with E-state index in [4.69, 9.17) is 0 Å². The maximum absolute atomic E-state index is 11.2. The van der Waals surface area contributed by atoms with Crippen LogP contribution in [-0.2, 0) is 4.79 Å². The summed E-state index contributed by atoms with van der Waals surface area (Å²) in [5.74, 6) is -0.0440. The smallest absolute Gasteiger partial charge is 0.228 e. The van der Waals surface area contributed by atoms with E-state index in [9.17, 15) is 4.79 Å². The van der Waals surface area contributed by atoms with Gasteiger partial charge >= 0.3 is 0 Å². The molecule has 0 spiro atoms. The fourth-order valence-electron chi connectivity index (χ4n) is 1.15. The Morgan fingerprint density at radius 1 is 1.57 bits per heavy atom. The van der Waals surface area contributed by atoms with Crippen LogP contribution < -0.4 is 5.32 Å². The third-order valence-corrected chi connectivity index (χ3v) is 2.11. The van der Waals surface area contributed by atoms with Crippen LogP contribution in [0.1, 0.15) is 12.0 Å². The molecule has 1 rings (SSSR count). The standard InChI is InChI=1S/C11H12BrNO/c1-3-4-11(14)13-10-6-8(2)5-9(12)7-10/h3,5-7H,1,4H2,2H3,(H,13,14). The summed E-state index contributed by atoms with van der Waals surface area (Å²) in [6.07, 6.45) is 1.92. The predicted molar refractivity (Wildman–Crippen MR) is 62.3 cm³/mol. The molecule has 0 aliphatic heterocycles. The molecule has 0 radical (unpaired) electrons. The Balaban J connectivity index is 2.76. The maximum atomic E-state index is 11.2. The molecule has 0 bridgehead atoms. The molecule has 74 valence electrons. The van der Waals surface area contributed by atoms with Gasteiger partial charge in [-0.05, 0) is 30.7 Å². The first-order valence-corrected chi connectivity index (χ1v) is 5.09. The normalized spacial score (nSPS) is 9.57. The van der Waals surface area contributed by atoms with Gasteiger partial charge in [0.2, 0.25) is 5.91 Å². The Morgan fingerprint density at radius 2 is 2.29 bits per heavy atom. The molecule has 0 fully saturated rings. The summed E-state index contributed by atoms with van der Waals surface area (Å²) < 4.78 is 0.964. The molecular weight excluding hydrogens is 242 g/mol. The molecule has 1 amide bonds. The second-order valence-electron chi connectivity index (χ2n) is 3.06. The van der Waals surface area contributed by atoms with Crippen LogP contribution in [0.15, 0.2) is 35.3 Å². The van der Waals surface area contributed by atoms with Gasteiger partial charge in [-0.25, -0.2) is 0 Å². The molecule has 0 aliphatic carbocycles. The maximum Gasteiger partial charge on any atom is 0.228 e. The van der Waals surface area contributed by atoms with Crippen LogP contribution in [-0.4, -0.2) is 5.91 Å². The van der Waals surface area contributed by atoms with Gasteiger partial charge in [-0.1, -0.05) is 22.0 Å². The topological polar surface area (TPSA) is 29.1 Å². The van der Waals surface area contributed by atoms with Crippen LogP contribution in [0.25, 0.3) is 0 Å². The SMILES string of the molecule is C=CCC(=O)Nc1cc(C)cc(Br)c1. The van der Waals surface area contributed by atoms with Crippen LogP contribution in [0.4, 0.5) is 5.69 Å². The van der Waals surface area contributed by atoms with Crippen molar-refractivity contribution in [2.24, 2.45) is 0 Å². The predicted octanol–water partition coefficient (Wildman–Crippen LogP) is 3.27. The molecule has 0 atom stereocenters. The minimum absolute atomic E-state index is 0.0440. The third kappa shape index (κ3) is 3.34. The Labute approximate surface area is 92.1 Å². The highest BCUT2D eigenvalue weighted by Gasteiger charge is 2.00. The molecular formula is C11H12BrNO. The lowest BCUT2D eigenvalue weighted by Gasteiger charge is -2.05. The van der Waals surface area contributed by atoms with Crippen molar-refractivity contribution in [1.82, 2.24) is 0 Å². The van der Waals surface area contributed by atoms with Gasteiger partial charge in [-0.15, -0.1) is 6.58 Å². The van der Waals surface area contributed by atoms with E-state index < -0.39 is 0 Å². The number of aryl methyl sites for hydroxylation is 1. The largest absolute Gasteiger partial charge is 0.326 e. The number of nitrogens with one attached hydrogen (secondary N) is 1. The summed E-state index contributed by atoms with van der Waals surface area (Å²) >= 11 is 3.37. The van der Waals surface area contributed by atoms with E-state index in [1.54, 1.807) is 6.08 Å². The summed E-state index contributed by atoms with van der Waals surface area (Å²) in [7, 11) is 0. The van der Waals surface area contributed by atoms with Gasteiger partial charge in [-0.2, -0.15) is 0 Å². The van der Waals surface area contributed by atoms with E-state index in [0.717, 1.165) is 15.7 Å². The first-order chi connectivity index (χ1) is 6.61. The second kappa shape index (κ2) is 4.96. The van der Waals surface area contributed by atoms with Crippen molar-refractivity contribution in [2.45, 2.75) is 13.3 Å². The fraction of sp³-hybridized carbons (Fsp3) is 0.182. The Bertz CT molecular complexity index is 340. The van der Waals surface area contributed by atoms with Crippen LogP contribution in [0.5, 0.6) is 0 Å². The number of anilines is 1. The molecule has 0 heterocycles. The van der Waals surface area contributed by atoms with Gasteiger partial charge in [0.25, 0.3) is 0 Å². The fourth-order valence-corrected chi connectivity index (χ4v) is 1.76. The summed E-state index contributed by atoms with van der Waals surface area (Å²) in [4.78, 5) is 11.2. The number of amides is 1. The van der Waals surface area contributed by atoms with Crippen molar-refractivity contribution in [1.29, 1.82) is 0 Å². The number of carbonyl (C=O) groups is 1. The molecule has 0 saturated heterocycles. The highest BCUT2D eigenvalue weighted by molar-refractivity contribution is 9.10. The number of hydrogen-bond donors (Lipinski definition) is 1. The van der Waals surface area contributed by atoms with Crippen molar-refractivity contribution in [3.63, 3.8) is 0 Å². The molecule has 14 heavy (non-hydrogen) atoms. The van der Waals surface area contributed by atoms with Crippen LogP contribution >= 0.6 is 15.9 Å². The molecule has 0 aliphatic rings. The lowest BCUT2D eigenvalue weighted by atomic mass is 10.2. The Hall–Kier alpha value is -1.09. The van der Waals surface area contributed by atoms with Gasteiger partial charge in [0.05, 0.1) is 0 Å². The zero-order chi connectivity index (χ0) is 10.6. The van der Waals surface area contributed by atoms with Crippen molar-refractivity contribution in [2.75, 3.05) is 5.32 Å². The van der Waals surface area contributed by atoms with Gasteiger partial charge in [0.1, 0.15) is 0 Å². The first-order valence-electron chi connectivity index (χ1n) is 4.30. The highest BCUT2D eigenvalue weighted by atomic mass is 79.9. The molecule has 0 unspecified atom stereocenters. The quantitative estimate of drug-likeness (QED) is 0.824. The summed E-state index contributed by atoms with van der Waals surface area (Å²) in [6.45, 7) is 5.49. The summed E-state index contributed by atoms with van der Waals surface area (Å²) in [6, 6.07) is 5.78. The Kier molecular flexibility index (Phi) is 3.89. The van der Waals surface area contributed by atoms with E-state index in [1.165, 1.54) is 0 Å². The van der Waals surface area contributed by atoms with Gasteiger partial charge < -0.3 is 5.32 Å². The first kappa shape index (κ1) is 11.0. The van der Waals surface area contributed by atoms with Crippen LogP contribution in [0, 0.1) is 6.92 Å². The summed E-state index contributed by atoms with van der Waals surface area (Å²) in [5, 5.41) is 2.78. The number of rotatable bonds is 3. The monoisotopic (exact) mass is 253 g/mol. The van der Waals surface area contributed by atoms with Crippen LogP contribution in [0.2, 0.25) is 0 Å². The molecule has 3 heteroatoms. The van der Waals surface area contributed by atoms with Gasteiger partial charge in [-0.3, -0.25) is 4.79 Å². The molecule has 1 aromatic rings. The minimum Gasteiger partial charge on any atom is -0.326 e. The molecule has 1 N–H and O–H groups in total. The van der Waals surface area contributed by atoms with Crippen LogP contribution in [0.3, 0.4) is 0 Å². The van der Waals surface area contributed by atoms with Crippen molar-refractivity contribution in [3.05, 3.63) is 40.9 Å². The number of carbonyl (C=O) groups excluding carboxylic acids is 1. The lowest BCUT2D eigenvalue weighted by Crippen LogP contribution is -2.09. The average Bonchev–Trinajstić information content (AvgIpc) is 2.01. The molecule has 1 aromatic carbocycles. The molecule has 0 aromatic heterocycles. The van der Waals surface area contributed by atoms with E-state index in [1.807, 2.05) is 25.1 Å². The second-order valence-corrected chi connectivity index (χ2v) is 3.97. The third-order valence-electron chi connectivity index (χ3n) is 1.66.